The number of ether oxygens (including phenoxy) is 3. The van der Waals surface area contributed by atoms with Gasteiger partial charge in [-0.1, -0.05) is 6.07 Å². The van der Waals surface area contributed by atoms with Crippen LogP contribution in [0.3, 0.4) is 0 Å². The Labute approximate surface area is 180 Å². The van der Waals surface area contributed by atoms with Crippen LogP contribution < -0.4 is 10.5 Å². The molecule has 1 saturated carbocycles. The Kier molecular flexibility index (Phi) is 5.95. The van der Waals surface area contributed by atoms with E-state index in [1.807, 2.05) is 0 Å². The van der Waals surface area contributed by atoms with E-state index in [9.17, 15) is 17.6 Å². The van der Waals surface area contributed by atoms with Gasteiger partial charge >= 0.3 is 6.18 Å². The van der Waals surface area contributed by atoms with E-state index in [4.69, 9.17) is 19.9 Å². The number of hydrogen-bond donors (Lipinski definition) is 2. The number of halogens is 4. The Bertz CT molecular complexity index is 1100. The topological polar surface area (TPSA) is 95.3 Å². The molecule has 7 nitrogen and oxygen atoms in total. The molecule has 0 amide bonds. The minimum Gasteiger partial charge on any atom is -0.490 e. The SMILES string of the molecule is COC1(COC2COc3cc(F)ccc3C2)CC1.Nc1ncnc2[nH]c(C(F)(F)F)cc12. The molecule has 0 radical (unpaired) electrons. The second-order valence-electron chi connectivity index (χ2n) is 7.79. The summed E-state index contributed by atoms with van der Waals surface area (Å²) in [5.74, 6) is 0.411. The average molecular weight is 454 g/mol. The molecule has 3 N–H and O–H groups in total. The number of nitrogens with one attached hydrogen (secondary N) is 1. The van der Waals surface area contributed by atoms with Gasteiger partial charge in [-0.05, 0) is 30.5 Å². The van der Waals surface area contributed by atoms with Gasteiger partial charge in [0.2, 0.25) is 0 Å². The summed E-state index contributed by atoms with van der Waals surface area (Å²) in [6.07, 6.45) is -0.371. The van der Waals surface area contributed by atoms with Crippen molar-refractivity contribution >= 4 is 16.9 Å². The van der Waals surface area contributed by atoms with Crippen molar-refractivity contribution < 1.29 is 31.8 Å². The molecule has 1 aliphatic carbocycles. The number of nitrogens with two attached hydrogens (primary N) is 1. The number of methoxy groups -OCH3 is 1. The van der Waals surface area contributed by atoms with Crippen LogP contribution in [0.1, 0.15) is 24.1 Å². The van der Waals surface area contributed by atoms with Crippen molar-refractivity contribution in [2.75, 3.05) is 26.1 Å². The lowest BCUT2D eigenvalue weighted by atomic mass is 10.0. The first-order valence-electron chi connectivity index (χ1n) is 9.93. The number of nitrogen functional groups attached to an aromatic ring is 1. The lowest BCUT2D eigenvalue weighted by Crippen LogP contribution is -2.32. The third-order valence-electron chi connectivity index (χ3n) is 5.49. The maximum absolute atomic E-state index is 13.0. The Morgan fingerprint density at radius 2 is 2.03 bits per heavy atom. The maximum atomic E-state index is 13.0. The first kappa shape index (κ1) is 22.3. The molecule has 1 unspecified atom stereocenters. The van der Waals surface area contributed by atoms with E-state index in [1.165, 1.54) is 12.1 Å². The first-order chi connectivity index (χ1) is 15.2. The Hall–Kier alpha value is -2.92. The number of alkyl halides is 3. The fourth-order valence-electron chi connectivity index (χ4n) is 3.35. The number of fused-ring (bicyclic) bond motifs is 2. The van der Waals surface area contributed by atoms with Gasteiger partial charge in [0.1, 0.15) is 41.7 Å². The van der Waals surface area contributed by atoms with Crippen LogP contribution in [0.5, 0.6) is 5.75 Å². The molecule has 2 aliphatic rings. The largest absolute Gasteiger partial charge is 0.490 e. The molecule has 11 heteroatoms. The molecule has 32 heavy (non-hydrogen) atoms. The van der Waals surface area contributed by atoms with Crippen LogP contribution in [0.15, 0.2) is 30.6 Å². The Morgan fingerprint density at radius 3 is 2.69 bits per heavy atom. The summed E-state index contributed by atoms with van der Waals surface area (Å²) in [4.78, 5) is 9.33. The molecule has 5 rings (SSSR count). The van der Waals surface area contributed by atoms with Crippen LogP contribution in [0.4, 0.5) is 23.4 Å². The Balaban J connectivity index is 0.000000158. The number of rotatable bonds is 4. The molecule has 1 aromatic carbocycles. The zero-order valence-corrected chi connectivity index (χ0v) is 17.2. The van der Waals surface area contributed by atoms with Crippen molar-refractivity contribution in [2.45, 2.75) is 37.1 Å². The summed E-state index contributed by atoms with van der Waals surface area (Å²) in [7, 11) is 1.73. The number of aromatic nitrogens is 3. The molecule has 3 heterocycles. The van der Waals surface area contributed by atoms with Gasteiger partial charge in [-0.3, -0.25) is 0 Å². The quantitative estimate of drug-likeness (QED) is 0.581. The standard InChI is InChI=1S/C14H17FO3.C7H5F3N4/c1-16-14(4-5-14)9-18-12-6-10-2-3-11(15)7-13(10)17-8-12;8-7(9,10)4-1-3-5(11)12-2-13-6(3)14-4/h2-3,7,12H,4-6,8-9H2,1H3;1-2H,(H3,11,12,13,14). The molecular formula is C21H22F4N4O3. The van der Waals surface area contributed by atoms with Gasteiger partial charge in [0.25, 0.3) is 0 Å². The zero-order valence-electron chi connectivity index (χ0n) is 17.2. The highest BCUT2D eigenvalue weighted by molar-refractivity contribution is 5.86. The number of nitrogens with zero attached hydrogens (tertiary/aromatic N) is 2. The lowest BCUT2D eigenvalue weighted by Gasteiger charge is -2.27. The fourth-order valence-corrected chi connectivity index (χ4v) is 3.35. The normalized spacial score (nSPS) is 19.0. The highest BCUT2D eigenvalue weighted by Crippen LogP contribution is 2.39. The van der Waals surface area contributed by atoms with Crippen LogP contribution in [0.25, 0.3) is 11.0 Å². The van der Waals surface area contributed by atoms with E-state index in [0.29, 0.717) is 19.0 Å². The molecule has 1 aliphatic heterocycles. The summed E-state index contributed by atoms with van der Waals surface area (Å²) in [6, 6.07) is 5.55. The van der Waals surface area contributed by atoms with E-state index in [-0.39, 0.29) is 34.4 Å². The van der Waals surface area contributed by atoms with E-state index < -0.39 is 11.9 Å². The van der Waals surface area contributed by atoms with Crippen molar-refractivity contribution in [1.29, 1.82) is 0 Å². The number of H-pyrrole nitrogens is 1. The predicted octanol–water partition coefficient (Wildman–Crippen LogP) is 3.88. The average Bonchev–Trinajstić information content (AvgIpc) is 3.40. The number of benzene rings is 1. The summed E-state index contributed by atoms with van der Waals surface area (Å²) in [5, 5.41) is 0.180. The van der Waals surface area contributed by atoms with E-state index in [2.05, 4.69) is 15.0 Å². The molecular weight excluding hydrogens is 432 g/mol. The van der Waals surface area contributed by atoms with Gasteiger partial charge in [0.05, 0.1) is 23.7 Å². The fraction of sp³-hybridized carbons (Fsp3) is 0.429. The number of aromatic amines is 1. The summed E-state index contributed by atoms with van der Waals surface area (Å²) in [6.45, 7) is 1.10. The predicted molar refractivity (Wildman–Crippen MR) is 108 cm³/mol. The van der Waals surface area contributed by atoms with Crippen molar-refractivity contribution in [2.24, 2.45) is 0 Å². The van der Waals surface area contributed by atoms with Gasteiger partial charge in [-0.2, -0.15) is 13.2 Å². The molecule has 0 bridgehead atoms. The molecule has 3 aromatic rings. The summed E-state index contributed by atoms with van der Waals surface area (Å²) >= 11 is 0. The molecule has 1 fully saturated rings. The van der Waals surface area contributed by atoms with Crippen molar-refractivity contribution in [3.8, 4) is 5.75 Å². The number of hydrogen-bond acceptors (Lipinski definition) is 6. The molecule has 0 spiro atoms. The first-order valence-corrected chi connectivity index (χ1v) is 9.93. The van der Waals surface area contributed by atoms with Crippen molar-refractivity contribution in [3.05, 3.63) is 47.7 Å². The molecule has 172 valence electrons. The highest BCUT2D eigenvalue weighted by Gasteiger charge is 2.44. The van der Waals surface area contributed by atoms with E-state index in [1.54, 1.807) is 13.2 Å². The Morgan fingerprint density at radius 1 is 1.25 bits per heavy atom. The third-order valence-corrected chi connectivity index (χ3v) is 5.49. The second-order valence-corrected chi connectivity index (χ2v) is 7.79. The summed E-state index contributed by atoms with van der Waals surface area (Å²) in [5.41, 5.74) is 5.54. The van der Waals surface area contributed by atoms with Crippen LogP contribution in [-0.4, -0.2) is 47.0 Å². The minimum absolute atomic E-state index is 0.0294. The minimum atomic E-state index is -4.42. The zero-order chi connectivity index (χ0) is 22.9. The number of anilines is 1. The van der Waals surface area contributed by atoms with Crippen molar-refractivity contribution in [3.63, 3.8) is 0 Å². The highest BCUT2D eigenvalue weighted by atomic mass is 19.4. The molecule has 0 saturated heterocycles. The van der Waals surface area contributed by atoms with Crippen LogP contribution in [0.2, 0.25) is 0 Å². The van der Waals surface area contributed by atoms with Gasteiger partial charge in [0, 0.05) is 19.6 Å². The summed E-state index contributed by atoms with van der Waals surface area (Å²) < 4.78 is 66.5. The van der Waals surface area contributed by atoms with Crippen LogP contribution >= 0.6 is 0 Å². The molecule has 2 aromatic heterocycles. The van der Waals surface area contributed by atoms with Crippen LogP contribution in [0, 0.1) is 5.82 Å². The third kappa shape index (κ3) is 4.94. The second kappa shape index (κ2) is 8.55. The van der Waals surface area contributed by atoms with Gasteiger partial charge in [0.15, 0.2) is 0 Å². The van der Waals surface area contributed by atoms with Gasteiger partial charge in [-0.25, -0.2) is 14.4 Å². The van der Waals surface area contributed by atoms with Crippen LogP contribution in [-0.2, 0) is 22.1 Å². The van der Waals surface area contributed by atoms with Gasteiger partial charge in [-0.15, -0.1) is 0 Å². The van der Waals surface area contributed by atoms with Gasteiger partial charge < -0.3 is 24.9 Å². The smallest absolute Gasteiger partial charge is 0.431 e. The lowest BCUT2D eigenvalue weighted by molar-refractivity contribution is -0.140. The van der Waals surface area contributed by atoms with E-state index >= 15 is 0 Å². The molecule has 1 atom stereocenters. The maximum Gasteiger partial charge on any atom is 0.431 e. The monoisotopic (exact) mass is 454 g/mol. The van der Waals surface area contributed by atoms with E-state index in [0.717, 1.165) is 37.2 Å². The van der Waals surface area contributed by atoms with Crippen molar-refractivity contribution in [1.82, 2.24) is 15.0 Å².